The molecule has 0 spiro atoms. The molecule has 0 saturated carbocycles. The van der Waals surface area contributed by atoms with Crippen LogP contribution in [0, 0.1) is 0 Å². The maximum atomic E-state index is 13.0. The van der Waals surface area contributed by atoms with Crippen molar-refractivity contribution in [3.8, 4) is 5.75 Å². The molecule has 4 rings (SSSR count). The number of nitrogens with zero attached hydrogens (tertiary/aromatic N) is 4. The van der Waals surface area contributed by atoms with Crippen LogP contribution in [0.15, 0.2) is 73.1 Å². The number of aryl methyl sites for hydroxylation is 1. The molecule has 0 radical (unpaired) electrons. The van der Waals surface area contributed by atoms with E-state index < -0.39 is 17.7 Å². The van der Waals surface area contributed by atoms with Crippen LogP contribution in [0.25, 0.3) is 5.76 Å². The summed E-state index contributed by atoms with van der Waals surface area (Å²) in [6, 6.07) is 9.66. The summed E-state index contributed by atoms with van der Waals surface area (Å²) in [4.78, 5) is 35.7. The van der Waals surface area contributed by atoms with Gasteiger partial charge in [-0.15, -0.1) is 0 Å². The molecular formula is C25H26N4O4. The van der Waals surface area contributed by atoms with Crippen LogP contribution in [-0.4, -0.2) is 48.9 Å². The fourth-order valence-electron chi connectivity index (χ4n) is 3.96. The average molecular weight is 447 g/mol. The highest BCUT2D eigenvalue weighted by molar-refractivity contribution is 6.46. The minimum Gasteiger partial charge on any atom is -0.507 e. The standard InChI is InChI=1S/C25H26N4O4/c1-17(2)33-20-8-6-18(7-9-20)23(30)21-22(19-5-3-10-26-15-19)29(25(32)24(21)31)13-4-12-28-14-11-27-16-28/h3,5-11,14-17,22,30H,4,12-13H2,1-2H3. The van der Waals surface area contributed by atoms with Crippen LogP contribution in [0.4, 0.5) is 0 Å². The number of benzene rings is 1. The van der Waals surface area contributed by atoms with E-state index in [0.717, 1.165) is 0 Å². The second-order valence-corrected chi connectivity index (χ2v) is 8.12. The van der Waals surface area contributed by atoms with Crippen molar-refractivity contribution in [2.75, 3.05) is 6.54 Å². The average Bonchev–Trinajstić information content (AvgIpc) is 3.41. The van der Waals surface area contributed by atoms with Crippen molar-refractivity contribution < 1.29 is 19.4 Å². The largest absolute Gasteiger partial charge is 0.507 e. The molecule has 1 saturated heterocycles. The summed E-state index contributed by atoms with van der Waals surface area (Å²) in [5.41, 5.74) is 1.17. The molecule has 8 heteroatoms. The first-order valence-electron chi connectivity index (χ1n) is 10.9. The molecule has 0 bridgehead atoms. The summed E-state index contributed by atoms with van der Waals surface area (Å²) < 4.78 is 7.57. The number of aliphatic hydroxyl groups is 1. The summed E-state index contributed by atoms with van der Waals surface area (Å²) in [7, 11) is 0. The molecule has 1 aliphatic heterocycles. The Labute approximate surface area is 192 Å². The molecule has 0 aliphatic carbocycles. The second-order valence-electron chi connectivity index (χ2n) is 8.12. The van der Waals surface area contributed by atoms with Gasteiger partial charge in [0.05, 0.1) is 24.0 Å². The fraction of sp³-hybridized carbons (Fsp3) is 0.280. The molecule has 1 N–H and O–H groups in total. The number of likely N-dealkylation sites (tertiary alicyclic amines) is 1. The molecule has 8 nitrogen and oxygen atoms in total. The van der Waals surface area contributed by atoms with Gasteiger partial charge in [0, 0.05) is 43.4 Å². The number of rotatable bonds is 8. The number of Topliss-reactive ketones (excluding diaryl/α,β-unsaturated/α-hetero) is 1. The summed E-state index contributed by atoms with van der Waals surface area (Å²) in [5.74, 6) is -0.886. The predicted octanol–water partition coefficient (Wildman–Crippen LogP) is 3.58. The number of aliphatic hydroxyl groups excluding tert-OH is 1. The van der Waals surface area contributed by atoms with Gasteiger partial charge in [-0.3, -0.25) is 14.6 Å². The van der Waals surface area contributed by atoms with Gasteiger partial charge in [-0.05, 0) is 56.2 Å². The molecule has 1 unspecified atom stereocenters. The molecule has 1 fully saturated rings. The lowest BCUT2D eigenvalue weighted by Gasteiger charge is -2.25. The molecule has 33 heavy (non-hydrogen) atoms. The molecule has 2 aromatic heterocycles. The van der Waals surface area contributed by atoms with Crippen molar-refractivity contribution in [3.63, 3.8) is 0 Å². The van der Waals surface area contributed by atoms with Gasteiger partial charge in [-0.1, -0.05) is 6.07 Å². The highest BCUT2D eigenvalue weighted by Crippen LogP contribution is 2.39. The zero-order valence-electron chi connectivity index (χ0n) is 18.6. The van der Waals surface area contributed by atoms with E-state index in [-0.39, 0.29) is 17.4 Å². The van der Waals surface area contributed by atoms with Crippen LogP contribution in [0.2, 0.25) is 0 Å². The number of hydrogen-bond acceptors (Lipinski definition) is 6. The zero-order chi connectivity index (χ0) is 23.4. The van der Waals surface area contributed by atoms with E-state index in [1.165, 1.54) is 4.90 Å². The Morgan fingerprint density at radius 2 is 1.88 bits per heavy atom. The Morgan fingerprint density at radius 3 is 2.52 bits per heavy atom. The number of amides is 1. The van der Waals surface area contributed by atoms with Crippen molar-refractivity contribution in [2.45, 2.75) is 39.0 Å². The van der Waals surface area contributed by atoms with Crippen LogP contribution in [0.3, 0.4) is 0 Å². The third-order valence-electron chi connectivity index (χ3n) is 5.41. The first kappa shape index (κ1) is 22.3. The number of carbonyl (C=O) groups excluding carboxylic acids is 2. The first-order valence-corrected chi connectivity index (χ1v) is 10.9. The number of aromatic nitrogens is 3. The van der Waals surface area contributed by atoms with Crippen LogP contribution in [0.5, 0.6) is 5.75 Å². The fourth-order valence-corrected chi connectivity index (χ4v) is 3.96. The van der Waals surface area contributed by atoms with Crippen LogP contribution < -0.4 is 4.74 Å². The summed E-state index contributed by atoms with van der Waals surface area (Å²) in [6.45, 7) is 4.85. The number of pyridine rings is 1. The Balaban J connectivity index is 1.67. The van der Waals surface area contributed by atoms with Gasteiger partial charge in [0.25, 0.3) is 11.7 Å². The highest BCUT2D eigenvalue weighted by atomic mass is 16.5. The normalized spacial score (nSPS) is 17.7. The van der Waals surface area contributed by atoms with Crippen LogP contribution in [-0.2, 0) is 16.1 Å². The molecule has 1 aliphatic rings. The Bertz CT molecular complexity index is 1140. The molecular weight excluding hydrogens is 420 g/mol. The van der Waals surface area contributed by atoms with E-state index >= 15 is 0 Å². The number of imidazole rings is 1. The first-order chi connectivity index (χ1) is 16.0. The van der Waals surface area contributed by atoms with Gasteiger partial charge in [0.2, 0.25) is 0 Å². The van der Waals surface area contributed by atoms with Gasteiger partial charge in [0.15, 0.2) is 0 Å². The smallest absolute Gasteiger partial charge is 0.295 e. The van der Waals surface area contributed by atoms with Gasteiger partial charge < -0.3 is 19.3 Å². The van der Waals surface area contributed by atoms with E-state index in [1.54, 1.807) is 61.3 Å². The third-order valence-corrected chi connectivity index (χ3v) is 5.41. The lowest BCUT2D eigenvalue weighted by Crippen LogP contribution is -2.31. The Kier molecular flexibility index (Phi) is 6.53. The van der Waals surface area contributed by atoms with Gasteiger partial charge in [0.1, 0.15) is 11.5 Å². The molecule has 1 aromatic carbocycles. The van der Waals surface area contributed by atoms with Crippen molar-refractivity contribution in [1.29, 1.82) is 0 Å². The lowest BCUT2D eigenvalue weighted by atomic mass is 9.96. The monoisotopic (exact) mass is 446 g/mol. The molecule has 170 valence electrons. The number of carbonyl (C=O) groups is 2. The Hall–Kier alpha value is -3.94. The predicted molar refractivity (Wildman–Crippen MR) is 122 cm³/mol. The van der Waals surface area contributed by atoms with Gasteiger partial charge in [-0.25, -0.2) is 4.98 Å². The minimum atomic E-state index is -0.715. The number of ether oxygens (including phenoxy) is 1. The minimum absolute atomic E-state index is 0.0164. The zero-order valence-corrected chi connectivity index (χ0v) is 18.6. The molecule has 3 heterocycles. The molecule has 1 atom stereocenters. The highest BCUT2D eigenvalue weighted by Gasteiger charge is 2.45. The maximum absolute atomic E-state index is 13.0. The van der Waals surface area contributed by atoms with Gasteiger partial charge in [-0.2, -0.15) is 0 Å². The van der Waals surface area contributed by atoms with E-state index in [4.69, 9.17) is 4.74 Å². The maximum Gasteiger partial charge on any atom is 0.295 e. The quantitative estimate of drug-likeness (QED) is 0.323. The van der Waals surface area contributed by atoms with E-state index in [9.17, 15) is 14.7 Å². The summed E-state index contributed by atoms with van der Waals surface area (Å²) >= 11 is 0. The van der Waals surface area contributed by atoms with E-state index in [2.05, 4.69) is 9.97 Å². The summed E-state index contributed by atoms with van der Waals surface area (Å²) in [5, 5.41) is 11.1. The molecule has 3 aromatic rings. The second kappa shape index (κ2) is 9.68. The molecule has 1 amide bonds. The van der Waals surface area contributed by atoms with Crippen molar-refractivity contribution in [1.82, 2.24) is 19.4 Å². The van der Waals surface area contributed by atoms with Crippen molar-refractivity contribution in [2.24, 2.45) is 0 Å². The topological polar surface area (TPSA) is 97.6 Å². The Morgan fingerprint density at radius 1 is 1.09 bits per heavy atom. The van der Waals surface area contributed by atoms with Crippen LogP contribution >= 0.6 is 0 Å². The van der Waals surface area contributed by atoms with E-state index in [0.29, 0.717) is 36.4 Å². The van der Waals surface area contributed by atoms with E-state index in [1.807, 2.05) is 24.6 Å². The van der Waals surface area contributed by atoms with Crippen molar-refractivity contribution >= 4 is 17.4 Å². The number of hydrogen-bond donors (Lipinski definition) is 1. The third kappa shape index (κ3) is 4.79. The lowest BCUT2D eigenvalue weighted by molar-refractivity contribution is -0.139. The van der Waals surface area contributed by atoms with Crippen LogP contribution in [0.1, 0.15) is 37.4 Å². The van der Waals surface area contributed by atoms with Crippen molar-refractivity contribution in [3.05, 3.63) is 84.2 Å². The van der Waals surface area contributed by atoms with Gasteiger partial charge >= 0.3 is 0 Å². The summed E-state index contributed by atoms with van der Waals surface area (Å²) in [6.07, 6.45) is 9.14. The SMILES string of the molecule is CC(C)Oc1ccc(C(O)=C2C(=O)C(=O)N(CCCn3ccnc3)C2c2cccnc2)cc1. The number of ketones is 1.